The van der Waals surface area contributed by atoms with Gasteiger partial charge in [0.15, 0.2) is 5.69 Å². The number of hydrogen-bond acceptors (Lipinski definition) is 3. The van der Waals surface area contributed by atoms with Crippen molar-refractivity contribution in [3.63, 3.8) is 0 Å². The quantitative estimate of drug-likeness (QED) is 0.923. The Morgan fingerprint density at radius 1 is 1.27 bits per heavy atom. The van der Waals surface area contributed by atoms with Crippen LogP contribution in [0.5, 0.6) is 0 Å². The summed E-state index contributed by atoms with van der Waals surface area (Å²) in [6.07, 6.45) is 3.02. The normalized spacial score (nSPS) is 20.9. The van der Waals surface area contributed by atoms with Crippen molar-refractivity contribution >= 4 is 5.91 Å². The molecule has 2 aliphatic rings. The molecule has 1 saturated heterocycles. The summed E-state index contributed by atoms with van der Waals surface area (Å²) < 4.78 is 5.83. The van der Waals surface area contributed by atoms with Gasteiger partial charge in [-0.15, -0.1) is 0 Å². The fourth-order valence-corrected chi connectivity index (χ4v) is 3.35. The molecule has 2 heterocycles. The number of nitrogens with one attached hydrogen (secondary N) is 1. The van der Waals surface area contributed by atoms with Gasteiger partial charge in [-0.1, -0.05) is 30.3 Å². The maximum absolute atomic E-state index is 12.8. The van der Waals surface area contributed by atoms with Crippen LogP contribution in [0.3, 0.4) is 0 Å². The van der Waals surface area contributed by atoms with Crippen LogP contribution in [-0.4, -0.2) is 40.7 Å². The summed E-state index contributed by atoms with van der Waals surface area (Å²) in [5, 5.41) is 7.27. The Bertz CT molecular complexity index is 680. The van der Waals surface area contributed by atoms with Crippen molar-refractivity contribution in [3.8, 4) is 0 Å². The maximum atomic E-state index is 12.8. The molecular weight excluding hydrogens is 278 g/mol. The minimum atomic E-state index is -0.0501. The molecule has 5 nitrogen and oxygen atoms in total. The topological polar surface area (TPSA) is 58.2 Å². The van der Waals surface area contributed by atoms with E-state index < -0.39 is 0 Å². The molecule has 114 valence electrons. The van der Waals surface area contributed by atoms with Crippen molar-refractivity contribution in [1.29, 1.82) is 0 Å². The summed E-state index contributed by atoms with van der Waals surface area (Å²) in [4.78, 5) is 14.7. The molecule has 2 aromatic rings. The van der Waals surface area contributed by atoms with Crippen molar-refractivity contribution in [2.75, 3.05) is 19.7 Å². The molecule has 22 heavy (non-hydrogen) atoms. The number of nitrogens with zero attached hydrogens (tertiary/aromatic N) is 2. The van der Waals surface area contributed by atoms with Gasteiger partial charge in [0.25, 0.3) is 5.91 Å². The lowest BCUT2D eigenvalue weighted by atomic mass is 10.1. The highest BCUT2D eigenvalue weighted by atomic mass is 16.5. The van der Waals surface area contributed by atoms with Gasteiger partial charge in [0.2, 0.25) is 0 Å². The third kappa shape index (κ3) is 2.31. The Morgan fingerprint density at radius 3 is 3.00 bits per heavy atom. The van der Waals surface area contributed by atoms with Gasteiger partial charge in [0, 0.05) is 17.8 Å². The molecule has 5 heteroatoms. The number of aromatic amines is 1. The number of ether oxygens (including phenoxy) is 1. The first-order valence-corrected chi connectivity index (χ1v) is 7.85. The fourth-order valence-electron chi connectivity index (χ4n) is 3.35. The second-order valence-electron chi connectivity index (χ2n) is 5.90. The number of hydrogen-bond donors (Lipinski definition) is 1. The van der Waals surface area contributed by atoms with Gasteiger partial charge in [-0.2, -0.15) is 5.10 Å². The third-order valence-corrected chi connectivity index (χ3v) is 4.53. The van der Waals surface area contributed by atoms with Gasteiger partial charge in [0.05, 0.1) is 13.2 Å². The number of amides is 1. The first-order valence-electron chi connectivity index (χ1n) is 7.85. The number of aromatic nitrogens is 2. The van der Waals surface area contributed by atoms with Crippen LogP contribution >= 0.6 is 0 Å². The van der Waals surface area contributed by atoms with Crippen LogP contribution in [0, 0.1) is 0 Å². The van der Waals surface area contributed by atoms with E-state index in [-0.39, 0.29) is 12.0 Å². The monoisotopic (exact) mass is 297 g/mol. The van der Waals surface area contributed by atoms with Crippen molar-refractivity contribution in [2.24, 2.45) is 0 Å². The Kier molecular flexibility index (Phi) is 3.42. The largest absolute Gasteiger partial charge is 0.370 e. The molecule has 0 spiro atoms. The van der Waals surface area contributed by atoms with Crippen molar-refractivity contribution in [2.45, 2.75) is 25.4 Å². The molecule has 1 amide bonds. The summed E-state index contributed by atoms with van der Waals surface area (Å²) in [7, 11) is 0. The van der Waals surface area contributed by atoms with E-state index in [1.54, 1.807) is 0 Å². The van der Waals surface area contributed by atoms with E-state index in [0.29, 0.717) is 25.4 Å². The number of benzene rings is 1. The van der Waals surface area contributed by atoms with Gasteiger partial charge in [-0.3, -0.25) is 9.89 Å². The summed E-state index contributed by atoms with van der Waals surface area (Å²) in [6, 6.07) is 10.1. The third-order valence-electron chi connectivity index (χ3n) is 4.53. The summed E-state index contributed by atoms with van der Waals surface area (Å²) in [5.41, 5.74) is 3.98. The first kappa shape index (κ1) is 13.5. The van der Waals surface area contributed by atoms with Gasteiger partial charge >= 0.3 is 0 Å². The van der Waals surface area contributed by atoms with Crippen LogP contribution in [-0.2, 0) is 17.6 Å². The molecule has 4 rings (SSSR count). The Morgan fingerprint density at radius 2 is 2.14 bits per heavy atom. The SMILES string of the molecule is O=C(c1n[nH]c2c1CCC2)N1CCO[C@@H](c2ccccc2)C1. The highest BCUT2D eigenvalue weighted by molar-refractivity contribution is 5.94. The van der Waals surface area contributed by atoms with Crippen molar-refractivity contribution in [3.05, 3.63) is 52.8 Å². The van der Waals surface area contributed by atoms with Gasteiger partial charge < -0.3 is 9.64 Å². The van der Waals surface area contributed by atoms with E-state index in [1.807, 2.05) is 35.2 Å². The number of fused-ring (bicyclic) bond motifs is 1. The standard InChI is InChI=1S/C17H19N3O2/c21-17(16-13-7-4-8-14(13)18-19-16)20-9-10-22-15(11-20)12-5-2-1-3-6-12/h1-3,5-6,15H,4,7-11H2,(H,18,19)/t15-/m1/s1. The van der Waals surface area contributed by atoms with Gasteiger partial charge in [0.1, 0.15) is 6.10 Å². The van der Waals surface area contributed by atoms with Crippen LogP contribution in [0.4, 0.5) is 0 Å². The van der Waals surface area contributed by atoms with Gasteiger partial charge in [-0.05, 0) is 24.8 Å². The lowest BCUT2D eigenvalue weighted by molar-refractivity contribution is -0.0230. The number of carbonyl (C=O) groups excluding carboxylic acids is 1. The number of rotatable bonds is 2. The zero-order valence-corrected chi connectivity index (χ0v) is 12.4. The predicted octanol–water partition coefficient (Wildman–Crippen LogP) is 2.11. The Hall–Kier alpha value is -2.14. The molecule has 1 aromatic carbocycles. The Labute approximate surface area is 129 Å². The molecule has 1 aliphatic carbocycles. The summed E-state index contributed by atoms with van der Waals surface area (Å²) >= 11 is 0. The molecule has 0 saturated carbocycles. The average Bonchev–Trinajstić information content (AvgIpc) is 3.18. The highest BCUT2D eigenvalue weighted by Gasteiger charge is 2.30. The lowest BCUT2D eigenvalue weighted by Crippen LogP contribution is -2.42. The van der Waals surface area contributed by atoms with Crippen molar-refractivity contribution in [1.82, 2.24) is 15.1 Å². The minimum absolute atomic E-state index is 0.0311. The van der Waals surface area contributed by atoms with E-state index in [4.69, 9.17) is 4.74 Å². The summed E-state index contributed by atoms with van der Waals surface area (Å²) in [5.74, 6) is 0.0311. The van der Waals surface area contributed by atoms with Crippen LogP contribution in [0.15, 0.2) is 30.3 Å². The molecule has 1 aliphatic heterocycles. The van der Waals surface area contributed by atoms with Crippen LogP contribution in [0.25, 0.3) is 0 Å². The van der Waals surface area contributed by atoms with E-state index >= 15 is 0 Å². The first-order chi connectivity index (χ1) is 10.8. The molecule has 0 radical (unpaired) electrons. The minimum Gasteiger partial charge on any atom is -0.370 e. The van der Waals surface area contributed by atoms with Gasteiger partial charge in [-0.25, -0.2) is 0 Å². The second-order valence-corrected chi connectivity index (χ2v) is 5.90. The maximum Gasteiger partial charge on any atom is 0.274 e. The zero-order valence-electron chi connectivity index (χ0n) is 12.4. The molecule has 0 bridgehead atoms. The number of H-pyrrole nitrogens is 1. The Balaban J connectivity index is 1.53. The van der Waals surface area contributed by atoms with Crippen molar-refractivity contribution < 1.29 is 9.53 Å². The lowest BCUT2D eigenvalue weighted by Gasteiger charge is -2.33. The number of aryl methyl sites for hydroxylation is 1. The highest BCUT2D eigenvalue weighted by Crippen LogP contribution is 2.26. The predicted molar refractivity (Wildman–Crippen MR) is 81.7 cm³/mol. The average molecular weight is 297 g/mol. The fraction of sp³-hybridized carbons (Fsp3) is 0.412. The zero-order chi connectivity index (χ0) is 14.9. The van der Waals surface area contributed by atoms with Crippen LogP contribution < -0.4 is 0 Å². The molecule has 1 fully saturated rings. The van der Waals surface area contributed by atoms with E-state index in [2.05, 4.69) is 10.2 Å². The van der Waals surface area contributed by atoms with Crippen LogP contribution in [0.2, 0.25) is 0 Å². The molecule has 1 N–H and O–H groups in total. The van der Waals surface area contributed by atoms with E-state index in [1.165, 1.54) is 0 Å². The molecule has 1 atom stereocenters. The summed E-state index contributed by atoms with van der Waals surface area (Å²) in [6.45, 7) is 1.78. The smallest absolute Gasteiger partial charge is 0.274 e. The molecular formula is C17H19N3O2. The molecule has 0 unspecified atom stereocenters. The van der Waals surface area contributed by atoms with E-state index in [0.717, 1.165) is 36.1 Å². The van der Waals surface area contributed by atoms with Crippen LogP contribution in [0.1, 0.15) is 39.8 Å². The second kappa shape index (κ2) is 5.57. The number of morpholine rings is 1. The molecule has 1 aromatic heterocycles. The number of carbonyl (C=O) groups is 1. The van der Waals surface area contributed by atoms with E-state index in [9.17, 15) is 4.79 Å².